The molecule has 0 spiro atoms. The van der Waals surface area contributed by atoms with Gasteiger partial charge in [-0.2, -0.15) is 0 Å². The lowest BCUT2D eigenvalue weighted by molar-refractivity contribution is -0.146. The molecule has 0 saturated carbocycles. The van der Waals surface area contributed by atoms with Gasteiger partial charge in [0.25, 0.3) is 5.91 Å². The molecule has 0 bridgehead atoms. The third-order valence-corrected chi connectivity index (χ3v) is 4.92. The normalized spacial score (nSPS) is 12.4. The minimum atomic E-state index is -1.33. The Morgan fingerprint density at radius 1 is 0.853 bits per heavy atom. The zero-order chi connectivity index (χ0) is 24.9. The summed E-state index contributed by atoms with van der Waals surface area (Å²) in [4.78, 5) is 54.8. The number of hydrogen-bond acceptors (Lipinski definition) is 5. The summed E-state index contributed by atoms with van der Waals surface area (Å²) in [6.45, 7) is 3.99. The van der Waals surface area contributed by atoms with Crippen LogP contribution in [0.5, 0.6) is 0 Å². The molecule has 0 fully saturated rings. The molecule has 1 unspecified atom stereocenters. The van der Waals surface area contributed by atoms with Gasteiger partial charge in [-0.1, -0.05) is 74.5 Å². The average molecular weight is 470 g/mol. The second-order valence-electron chi connectivity index (χ2n) is 8.29. The maximum atomic E-state index is 12.9. The van der Waals surface area contributed by atoms with E-state index in [9.17, 15) is 24.3 Å². The molecule has 0 aliphatic carbocycles. The molecular weight excluding hydrogens is 438 g/mol. The number of carboxylic acid groups (broad SMARTS) is 1. The number of hydroxylamine groups is 1. The summed E-state index contributed by atoms with van der Waals surface area (Å²) in [6.07, 6.45) is -0.426. The van der Waals surface area contributed by atoms with Crippen molar-refractivity contribution in [2.75, 3.05) is 0 Å². The number of carbonyl (C=O) groups excluding carboxylic acids is 3. The Balaban J connectivity index is 2.00. The van der Waals surface area contributed by atoms with Crippen molar-refractivity contribution in [3.63, 3.8) is 0 Å². The SMILES string of the molecule is CC(C)CC(C(=O)NOCc1ccccc1)C(=O)N[C@@H](CC(=O)O)C(=O)NCc1ccccc1. The van der Waals surface area contributed by atoms with Crippen LogP contribution in [-0.2, 0) is 37.2 Å². The molecule has 2 atom stereocenters. The molecule has 9 heteroatoms. The zero-order valence-corrected chi connectivity index (χ0v) is 19.3. The maximum absolute atomic E-state index is 12.9. The van der Waals surface area contributed by atoms with Gasteiger partial charge < -0.3 is 15.7 Å². The Morgan fingerprint density at radius 3 is 2.00 bits per heavy atom. The van der Waals surface area contributed by atoms with E-state index in [1.54, 1.807) is 0 Å². The fourth-order valence-corrected chi connectivity index (χ4v) is 3.20. The first-order valence-electron chi connectivity index (χ1n) is 11.1. The Hall–Kier alpha value is -3.72. The van der Waals surface area contributed by atoms with Crippen LogP contribution in [0.3, 0.4) is 0 Å². The van der Waals surface area contributed by atoms with Gasteiger partial charge in [-0.05, 0) is 23.5 Å². The van der Waals surface area contributed by atoms with Gasteiger partial charge in [0.15, 0.2) is 0 Å². The molecule has 2 rings (SSSR count). The van der Waals surface area contributed by atoms with Crippen LogP contribution in [0.2, 0.25) is 0 Å². The van der Waals surface area contributed by atoms with Crippen LogP contribution in [0.15, 0.2) is 60.7 Å². The first-order chi connectivity index (χ1) is 16.3. The van der Waals surface area contributed by atoms with Crippen LogP contribution < -0.4 is 16.1 Å². The number of hydrogen-bond donors (Lipinski definition) is 4. The second-order valence-corrected chi connectivity index (χ2v) is 8.29. The number of aliphatic carboxylic acids is 1. The topological polar surface area (TPSA) is 134 Å². The van der Waals surface area contributed by atoms with Crippen molar-refractivity contribution < 1.29 is 29.1 Å². The van der Waals surface area contributed by atoms with Gasteiger partial charge in [-0.25, -0.2) is 5.48 Å². The van der Waals surface area contributed by atoms with Gasteiger partial charge in [0.05, 0.1) is 13.0 Å². The molecule has 0 aliphatic rings. The van der Waals surface area contributed by atoms with E-state index in [1.165, 1.54) is 0 Å². The lowest BCUT2D eigenvalue weighted by Crippen LogP contribution is -2.51. The van der Waals surface area contributed by atoms with E-state index in [4.69, 9.17) is 4.84 Å². The van der Waals surface area contributed by atoms with E-state index in [1.807, 2.05) is 74.5 Å². The molecule has 2 aromatic carbocycles. The Morgan fingerprint density at radius 2 is 1.44 bits per heavy atom. The van der Waals surface area contributed by atoms with E-state index < -0.39 is 42.1 Å². The van der Waals surface area contributed by atoms with Crippen molar-refractivity contribution in [3.8, 4) is 0 Å². The molecule has 0 aromatic heterocycles. The number of nitrogens with one attached hydrogen (secondary N) is 3. The molecule has 0 radical (unpaired) electrons. The van der Waals surface area contributed by atoms with Gasteiger partial charge in [0.2, 0.25) is 11.8 Å². The number of carbonyl (C=O) groups is 4. The second kappa shape index (κ2) is 13.7. The molecule has 2 aromatic rings. The smallest absolute Gasteiger partial charge is 0.305 e. The number of rotatable bonds is 13. The van der Waals surface area contributed by atoms with Gasteiger partial charge in [0, 0.05) is 6.54 Å². The number of carboxylic acids is 1. The van der Waals surface area contributed by atoms with Gasteiger partial charge in [-0.3, -0.25) is 24.0 Å². The van der Waals surface area contributed by atoms with Crippen molar-refractivity contribution in [1.29, 1.82) is 0 Å². The maximum Gasteiger partial charge on any atom is 0.305 e. The first-order valence-corrected chi connectivity index (χ1v) is 11.1. The summed E-state index contributed by atoms with van der Waals surface area (Å²) in [5, 5.41) is 14.3. The number of amides is 3. The molecule has 0 heterocycles. The number of benzene rings is 2. The fraction of sp³-hybridized carbons (Fsp3) is 0.360. The molecule has 182 valence electrons. The van der Waals surface area contributed by atoms with E-state index in [0.29, 0.717) is 0 Å². The molecule has 9 nitrogen and oxygen atoms in total. The Kier molecular flexibility index (Phi) is 10.7. The van der Waals surface area contributed by atoms with Crippen LogP contribution in [0.4, 0.5) is 0 Å². The zero-order valence-electron chi connectivity index (χ0n) is 19.3. The molecule has 34 heavy (non-hydrogen) atoms. The molecule has 4 N–H and O–H groups in total. The van der Waals surface area contributed by atoms with Crippen LogP contribution in [0, 0.1) is 11.8 Å². The third kappa shape index (κ3) is 9.41. The monoisotopic (exact) mass is 469 g/mol. The summed E-state index contributed by atoms with van der Waals surface area (Å²) >= 11 is 0. The minimum absolute atomic E-state index is 0.0135. The van der Waals surface area contributed by atoms with E-state index >= 15 is 0 Å². The first kappa shape index (κ1) is 26.5. The van der Waals surface area contributed by atoms with E-state index in [0.717, 1.165) is 11.1 Å². The fourth-order valence-electron chi connectivity index (χ4n) is 3.20. The summed E-state index contributed by atoms with van der Waals surface area (Å²) < 4.78 is 0. The summed E-state index contributed by atoms with van der Waals surface area (Å²) in [7, 11) is 0. The minimum Gasteiger partial charge on any atom is -0.481 e. The van der Waals surface area contributed by atoms with Crippen molar-refractivity contribution >= 4 is 23.7 Å². The largest absolute Gasteiger partial charge is 0.481 e. The molecule has 0 aliphatic heterocycles. The van der Waals surface area contributed by atoms with Gasteiger partial charge >= 0.3 is 5.97 Å². The van der Waals surface area contributed by atoms with Crippen LogP contribution >= 0.6 is 0 Å². The summed E-state index contributed by atoms with van der Waals surface area (Å²) in [6, 6.07) is 16.9. The van der Waals surface area contributed by atoms with Crippen LogP contribution in [0.1, 0.15) is 37.8 Å². The quantitative estimate of drug-likeness (QED) is 0.262. The standard InChI is InChI=1S/C25H31N3O6/c1-17(2)13-20(24(32)28-34-16-19-11-7-4-8-12-19)23(31)27-21(14-22(29)30)25(33)26-15-18-9-5-3-6-10-18/h3-12,17,20-21H,13-16H2,1-2H3,(H,26,33)(H,27,31)(H,28,32)(H,29,30)/t20?,21-/m0/s1. The van der Waals surface area contributed by atoms with Crippen LogP contribution in [-0.4, -0.2) is 34.8 Å². The third-order valence-electron chi connectivity index (χ3n) is 4.92. The summed E-state index contributed by atoms with van der Waals surface area (Å²) in [5.41, 5.74) is 3.95. The van der Waals surface area contributed by atoms with Crippen molar-refractivity contribution in [3.05, 3.63) is 71.8 Å². The highest BCUT2D eigenvalue weighted by Crippen LogP contribution is 2.14. The van der Waals surface area contributed by atoms with Crippen molar-refractivity contribution in [1.82, 2.24) is 16.1 Å². The molecule has 0 saturated heterocycles. The average Bonchev–Trinajstić information content (AvgIpc) is 2.81. The van der Waals surface area contributed by atoms with Crippen molar-refractivity contribution in [2.24, 2.45) is 11.8 Å². The highest BCUT2D eigenvalue weighted by molar-refractivity contribution is 6.02. The lowest BCUT2D eigenvalue weighted by atomic mass is 9.95. The highest BCUT2D eigenvalue weighted by atomic mass is 16.6. The van der Waals surface area contributed by atoms with Gasteiger partial charge in [-0.15, -0.1) is 0 Å². The van der Waals surface area contributed by atoms with Gasteiger partial charge in [0.1, 0.15) is 12.0 Å². The van der Waals surface area contributed by atoms with Crippen molar-refractivity contribution in [2.45, 2.75) is 45.9 Å². The predicted molar refractivity (Wildman–Crippen MR) is 125 cm³/mol. The Labute approximate surface area is 198 Å². The van der Waals surface area contributed by atoms with E-state index in [-0.39, 0.29) is 25.5 Å². The predicted octanol–water partition coefficient (Wildman–Crippen LogP) is 2.17. The Bertz CT molecular complexity index is 950. The highest BCUT2D eigenvalue weighted by Gasteiger charge is 2.32. The lowest BCUT2D eigenvalue weighted by Gasteiger charge is -2.22. The van der Waals surface area contributed by atoms with E-state index in [2.05, 4.69) is 16.1 Å². The van der Waals surface area contributed by atoms with Crippen LogP contribution in [0.25, 0.3) is 0 Å². The molecular formula is C25H31N3O6. The molecule has 3 amide bonds. The summed E-state index contributed by atoms with van der Waals surface area (Å²) in [5.74, 6) is -4.48.